The van der Waals surface area contributed by atoms with Crippen LogP contribution in [-0.4, -0.2) is 71.5 Å². The van der Waals surface area contributed by atoms with Crippen LogP contribution in [0.4, 0.5) is 5.95 Å². The summed E-state index contributed by atoms with van der Waals surface area (Å²) in [4.78, 5) is 27.7. The maximum absolute atomic E-state index is 12.3. The van der Waals surface area contributed by atoms with Gasteiger partial charge in [-0.15, -0.1) is 0 Å². The molecule has 0 unspecified atom stereocenters. The number of anilines is 1. The average molecular weight is 317 g/mol. The van der Waals surface area contributed by atoms with E-state index >= 15 is 0 Å². The maximum Gasteiger partial charge on any atom is 0.225 e. The highest BCUT2D eigenvalue weighted by Gasteiger charge is 2.46. The predicted molar refractivity (Wildman–Crippen MR) is 90.4 cm³/mol. The highest BCUT2D eigenvalue weighted by atomic mass is 16.2. The van der Waals surface area contributed by atoms with Gasteiger partial charge in [0.2, 0.25) is 11.9 Å². The molecule has 1 spiro atoms. The van der Waals surface area contributed by atoms with E-state index in [4.69, 9.17) is 0 Å². The van der Waals surface area contributed by atoms with E-state index < -0.39 is 0 Å². The summed E-state index contributed by atoms with van der Waals surface area (Å²) in [6, 6.07) is 0. The van der Waals surface area contributed by atoms with Crippen molar-refractivity contribution in [3.63, 3.8) is 0 Å². The van der Waals surface area contributed by atoms with Crippen LogP contribution in [-0.2, 0) is 4.79 Å². The number of nitrogens with zero attached hydrogens (tertiary/aromatic N) is 5. The van der Waals surface area contributed by atoms with Gasteiger partial charge < -0.3 is 14.7 Å². The normalized spacial score (nSPS) is 20.8. The van der Waals surface area contributed by atoms with Gasteiger partial charge in [-0.2, -0.15) is 0 Å². The highest BCUT2D eigenvalue weighted by Crippen LogP contribution is 2.39. The lowest BCUT2D eigenvalue weighted by molar-refractivity contribution is -0.132. The molecule has 6 heteroatoms. The molecule has 1 aromatic heterocycles. The van der Waals surface area contributed by atoms with E-state index in [0.29, 0.717) is 12.3 Å². The summed E-state index contributed by atoms with van der Waals surface area (Å²) < 4.78 is 0. The fraction of sp³-hybridized carbons (Fsp3) is 0.706. The number of likely N-dealkylation sites (tertiary alicyclic amines) is 1. The van der Waals surface area contributed by atoms with E-state index in [1.165, 1.54) is 0 Å². The lowest BCUT2D eigenvalue weighted by atomic mass is 9.85. The monoisotopic (exact) mass is 317 g/mol. The Morgan fingerprint density at radius 3 is 2.43 bits per heavy atom. The molecule has 6 nitrogen and oxygen atoms in total. The van der Waals surface area contributed by atoms with E-state index in [-0.39, 0.29) is 5.54 Å². The molecule has 2 aliphatic heterocycles. The van der Waals surface area contributed by atoms with Gasteiger partial charge in [0, 0.05) is 50.5 Å². The van der Waals surface area contributed by atoms with Gasteiger partial charge in [-0.1, -0.05) is 0 Å². The molecule has 0 saturated carbocycles. The molecule has 23 heavy (non-hydrogen) atoms. The van der Waals surface area contributed by atoms with Gasteiger partial charge in [0.25, 0.3) is 0 Å². The van der Waals surface area contributed by atoms with Gasteiger partial charge in [-0.3, -0.25) is 4.79 Å². The Hall–Kier alpha value is -1.69. The smallest absolute Gasteiger partial charge is 0.225 e. The van der Waals surface area contributed by atoms with Gasteiger partial charge in [0.05, 0.1) is 0 Å². The molecule has 0 radical (unpaired) electrons. The average Bonchev–Trinajstić information content (AvgIpc) is 2.83. The summed E-state index contributed by atoms with van der Waals surface area (Å²) >= 11 is 0. The molecule has 126 valence electrons. The van der Waals surface area contributed by atoms with Crippen LogP contribution in [0.5, 0.6) is 0 Å². The van der Waals surface area contributed by atoms with E-state index in [9.17, 15) is 4.79 Å². The summed E-state index contributed by atoms with van der Waals surface area (Å²) in [5, 5.41) is 0. The minimum absolute atomic E-state index is 0.0638. The second kappa shape index (κ2) is 6.43. The van der Waals surface area contributed by atoms with Crippen molar-refractivity contribution in [2.45, 2.75) is 38.1 Å². The van der Waals surface area contributed by atoms with Crippen molar-refractivity contribution in [2.24, 2.45) is 0 Å². The first-order chi connectivity index (χ1) is 11.0. The Bertz CT molecular complexity index is 549. The Labute approximate surface area is 138 Å². The van der Waals surface area contributed by atoms with Crippen LogP contribution in [0.2, 0.25) is 0 Å². The van der Waals surface area contributed by atoms with Crippen molar-refractivity contribution in [1.29, 1.82) is 0 Å². The highest BCUT2D eigenvalue weighted by molar-refractivity contribution is 5.79. The number of piperidine rings is 1. The number of hydrogen-bond donors (Lipinski definition) is 0. The molecule has 2 saturated heterocycles. The molecular weight excluding hydrogens is 290 g/mol. The minimum atomic E-state index is 0.0638. The lowest BCUT2D eigenvalue weighted by Crippen LogP contribution is -2.54. The first-order valence-electron chi connectivity index (χ1n) is 8.49. The van der Waals surface area contributed by atoms with Crippen molar-refractivity contribution in [3.05, 3.63) is 18.0 Å². The van der Waals surface area contributed by atoms with Gasteiger partial charge in [-0.05, 0) is 45.8 Å². The van der Waals surface area contributed by atoms with Crippen molar-refractivity contribution in [3.8, 4) is 0 Å². The van der Waals surface area contributed by atoms with Gasteiger partial charge in [0.1, 0.15) is 0 Å². The Morgan fingerprint density at radius 2 is 1.83 bits per heavy atom. The largest absolute Gasteiger partial charge is 0.341 e. The zero-order valence-corrected chi connectivity index (χ0v) is 14.5. The van der Waals surface area contributed by atoms with Crippen molar-refractivity contribution in [2.75, 3.05) is 45.2 Å². The van der Waals surface area contributed by atoms with Crippen LogP contribution in [0, 0.1) is 6.92 Å². The number of carbonyl (C=O) groups is 1. The van der Waals surface area contributed by atoms with E-state index in [0.717, 1.165) is 57.0 Å². The van der Waals surface area contributed by atoms with Crippen LogP contribution in [0.15, 0.2) is 12.4 Å². The zero-order valence-electron chi connectivity index (χ0n) is 14.5. The number of aromatic nitrogens is 2. The van der Waals surface area contributed by atoms with Crippen LogP contribution in [0.25, 0.3) is 0 Å². The first kappa shape index (κ1) is 16.2. The first-order valence-corrected chi connectivity index (χ1v) is 8.49. The third kappa shape index (κ3) is 3.32. The minimum Gasteiger partial charge on any atom is -0.341 e. The van der Waals surface area contributed by atoms with Crippen LogP contribution < -0.4 is 4.90 Å². The van der Waals surface area contributed by atoms with Crippen molar-refractivity contribution >= 4 is 11.9 Å². The lowest BCUT2D eigenvalue weighted by Gasteiger charge is -2.45. The van der Waals surface area contributed by atoms with Crippen LogP contribution in [0.3, 0.4) is 0 Å². The molecule has 0 N–H and O–H groups in total. The molecule has 0 atom stereocenters. The molecule has 0 aliphatic carbocycles. The SMILES string of the molecule is Cc1cnc(N2CCC3(CCC(=O)N3CCN(C)C)CC2)nc1. The number of hydrogen-bond acceptors (Lipinski definition) is 5. The fourth-order valence-electron chi connectivity index (χ4n) is 3.73. The van der Waals surface area contributed by atoms with E-state index in [1.54, 1.807) is 0 Å². The third-order valence-electron chi connectivity index (χ3n) is 5.19. The quantitative estimate of drug-likeness (QED) is 0.838. The van der Waals surface area contributed by atoms with Gasteiger partial charge in [-0.25, -0.2) is 9.97 Å². The van der Waals surface area contributed by atoms with E-state index in [2.05, 4.69) is 38.8 Å². The van der Waals surface area contributed by atoms with Crippen molar-refractivity contribution < 1.29 is 4.79 Å². The fourth-order valence-corrected chi connectivity index (χ4v) is 3.73. The second-order valence-electron chi connectivity index (χ2n) is 7.12. The second-order valence-corrected chi connectivity index (χ2v) is 7.12. The van der Waals surface area contributed by atoms with Crippen LogP contribution in [0.1, 0.15) is 31.2 Å². The molecular formula is C17H27N5O. The van der Waals surface area contributed by atoms with E-state index in [1.807, 2.05) is 19.3 Å². The topological polar surface area (TPSA) is 52.6 Å². The predicted octanol–water partition coefficient (Wildman–Crippen LogP) is 1.31. The summed E-state index contributed by atoms with van der Waals surface area (Å²) in [5.74, 6) is 1.14. The Kier molecular flexibility index (Phi) is 4.53. The number of carbonyl (C=O) groups excluding carboxylic acids is 1. The zero-order chi connectivity index (χ0) is 16.4. The van der Waals surface area contributed by atoms with Gasteiger partial charge >= 0.3 is 0 Å². The Morgan fingerprint density at radius 1 is 1.17 bits per heavy atom. The molecule has 1 aromatic rings. The molecule has 2 aliphatic rings. The molecule has 3 heterocycles. The number of aryl methyl sites for hydroxylation is 1. The number of rotatable bonds is 4. The number of likely N-dealkylation sites (N-methyl/N-ethyl adjacent to an activating group) is 1. The third-order valence-corrected chi connectivity index (χ3v) is 5.19. The summed E-state index contributed by atoms with van der Waals surface area (Å²) in [6.45, 7) is 5.62. The summed E-state index contributed by atoms with van der Waals surface area (Å²) in [5.41, 5.74) is 1.15. The number of amides is 1. The molecule has 0 bridgehead atoms. The molecule has 3 rings (SSSR count). The summed E-state index contributed by atoms with van der Waals surface area (Å²) in [7, 11) is 4.12. The molecule has 1 amide bonds. The van der Waals surface area contributed by atoms with Crippen LogP contribution >= 0.6 is 0 Å². The standard InChI is InChI=1S/C17H27N5O/c1-14-12-18-16(19-13-14)21-8-6-17(7-9-21)5-4-15(23)22(17)11-10-20(2)3/h12-13H,4-11H2,1-3H3. The molecule has 0 aromatic carbocycles. The Balaban J connectivity index is 1.66. The summed E-state index contributed by atoms with van der Waals surface area (Å²) in [6.07, 6.45) is 7.48. The maximum atomic E-state index is 12.3. The van der Waals surface area contributed by atoms with Gasteiger partial charge in [0.15, 0.2) is 0 Å². The van der Waals surface area contributed by atoms with Crippen molar-refractivity contribution in [1.82, 2.24) is 19.8 Å². The molecule has 2 fully saturated rings.